The molecule has 3 nitrogen and oxygen atoms in total. The SMILES string of the molecule is COc1ccccc1CN(CCc1ccc(Cl)cc1Cl)C(=O)C1CCCC1. The lowest BCUT2D eigenvalue weighted by molar-refractivity contribution is -0.136. The average Bonchev–Trinajstić information content (AvgIpc) is 3.21. The van der Waals surface area contributed by atoms with Gasteiger partial charge in [0.05, 0.1) is 7.11 Å². The number of benzene rings is 2. The number of halogens is 2. The van der Waals surface area contributed by atoms with E-state index in [4.69, 9.17) is 27.9 Å². The number of carbonyl (C=O) groups excluding carboxylic acids is 1. The second-order valence-corrected chi connectivity index (χ2v) is 7.88. The molecule has 0 aliphatic heterocycles. The molecule has 0 unspecified atom stereocenters. The van der Waals surface area contributed by atoms with Gasteiger partial charge in [-0.15, -0.1) is 0 Å². The summed E-state index contributed by atoms with van der Waals surface area (Å²) in [4.78, 5) is 15.1. The van der Waals surface area contributed by atoms with Crippen molar-refractivity contribution in [2.45, 2.75) is 38.6 Å². The number of hydrogen-bond acceptors (Lipinski definition) is 2. The molecule has 2 aromatic rings. The summed E-state index contributed by atoms with van der Waals surface area (Å²) in [7, 11) is 1.66. The van der Waals surface area contributed by atoms with Crippen LogP contribution in [0, 0.1) is 5.92 Å². The van der Waals surface area contributed by atoms with E-state index in [1.165, 1.54) is 0 Å². The van der Waals surface area contributed by atoms with Crippen LogP contribution in [0.4, 0.5) is 0 Å². The highest BCUT2D eigenvalue weighted by molar-refractivity contribution is 6.35. The molecule has 0 spiro atoms. The van der Waals surface area contributed by atoms with Gasteiger partial charge >= 0.3 is 0 Å². The van der Waals surface area contributed by atoms with Crippen LogP contribution in [0.15, 0.2) is 42.5 Å². The minimum absolute atomic E-state index is 0.139. The van der Waals surface area contributed by atoms with Gasteiger partial charge in [-0.25, -0.2) is 0 Å². The van der Waals surface area contributed by atoms with Crippen LogP contribution in [0.25, 0.3) is 0 Å². The van der Waals surface area contributed by atoms with Gasteiger partial charge in [0, 0.05) is 34.6 Å². The maximum absolute atomic E-state index is 13.1. The lowest BCUT2D eigenvalue weighted by atomic mass is 10.0. The molecule has 0 aromatic heterocycles. The summed E-state index contributed by atoms with van der Waals surface area (Å²) in [5, 5.41) is 1.27. The molecular weight excluding hydrogens is 381 g/mol. The first kappa shape index (κ1) is 20.0. The number of rotatable bonds is 7. The molecule has 1 fully saturated rings. The van der Waals surface area contributed by atoms with E-state index in [-0.39, 0.29) is 11.8 Å². The smallest absolute Gasteiger partial charge is 0.225 e. The van der Waals surface area contributed by atoms with Gasteiger partial charge in [0.2, 0.25) is 5.91 Å². The van der Waals surface area contributed by atoms with Crippen molar-refractivity contribution in [1.82, 2.24) is 4.90 Å². The third-order valence-electron chi connectivity index (χ3n) is 5.24. The minimum Gasteiger partial charge on any atom is -0.496 e. The van der Waals surface area contributed by atoms with Gasteiger partial charge in [0.15, 0.2) is 0 Å². The zero-order chi connectivity index (χ0) is 19.2. The van der Waals surface area contributed by atoms with Gasteiger partial charge in [-0.2, -0.15) is 0 Å². The van der Waals surface area contributed by atoms with E-state index >= 15 is 0 Å². The van der Waals surface area contributed by atoms with Gasteiger partial charge in [0.1, 0.15) is 5.75 Å². The summed E-state index contributed by atoms with van der Waals surface area (Å²) in [6.07, 6.45) is 4.96. The fourth-order valence-electron chi connectivity index (χ4n) is 3.72. The predicted molar refractivity (Wildman–Crippen MR) is 111 cm³/mol. The number of methoxy groups -OCH3 is 1. The molecule has 5 heteroatoms. The number of nitrogens with zero attached hydrogens (tertiary/aromatic N) is 1. The second kappa shape index (κ2) is 9.48. The molecule has 144 valence electrons. The van der Waals surface area contributed by atoms with Crippen molar-refractivity contribution in [1.29, 1.82) is 0 Å². The van der Waals surface area contributed by atoms with E-state index in [1.54, 1.807) is 13.2 Å². The van der Waals surface area contributed by atoms with Crippen LogP contribution in [0.2, 0.25) is 10.0 Å². The molecule has 2 aromatic carbocycles. The van der Waals surface area contributed by atoms with Crippen LogP contribution in [0.5, 0.6) is 5.75 Å². The van der Waals surface area contributed by atoms with Crippen molar-refractivity contribution < 1.29 is 9.53 Å². The van der Waals surface area contributed by atoms with E-state index in [1.807, 2.05) is 41.3 Å². The molecule has 0 bridgehead atoms. The maximum atomic E-state index is 13.1. The monoisotopic (exact) mass is 405 g/mol. The molecule has 0 atom stereocenters. The van der Waals surface area contributed by atoms with E-state index in [0.717, 1.165) is 42.6 Å². The fraction of sp³-hybridized carbons (Fsp3) is 0.409. The number of amides is 1. The molecule has 1 aliphatic rings. The highest BCUT2D eigenvalue weighted by Crippen LogP contribution is 2.29. The molecule has 1 amide bonds. The van der Waals surface area contributed by atoms with Crippen molar-refractivity contribution in [2.24, 2.45) is 5.92 Å². The number of hydrogen-bond donors (Lipinski definition) is 0. The van der Waals surface area contributed by atoms with E-state index in [9.17, 15) is 4.79 Å². The van der Waals surface area contributed by atoms with E-state index in [2.05, 4.69) is 0 Å². The normalized spacial score (nSPS) is 14.3. The first-order chi connectivity index (χ1) is 13.1. The van der Waals surface area contributed by atoms with Crippen LogP contribution < -0.4 is 4.74 Å². The Bertz CT molecular complexity index is 788. The Kier molecular flexibility index (Phi) is 7.03. The summed E-state index contributed by atoms with van der Waals surface area (Å²) in [5.74, 6) is 1.19. The van der Waals surface area contributed by atoms with E-state index in [0.29, 0.717) is 29.6 Å². The van der Waals surface area contributed by atoms with Gasteiger partial charge in [-0.1, -0.05) is 60.3 Å². The molecule has 0 N–H and O–H groups in total. The molecule has 0 heterocycles. The first-order valence-electron chi connectivity index (χ1n) is 9.43. The van der Waals surface area contributed by atoms with Crippen LogP contribution >= 0.6 is 23.2 Å². The average molecular weight is 406 g/mol. The fourth-order valence-corrected chi connectivity index (χ4v) is 4.22. The zero-order valence-corrected chi connectivity index (χ0v) is 17.1. The summed E-state index contributed by atoms with van der Waals surface area (Å²) in [6, 6.07) is 13.4. The van der Waals surface area contributed by atoms with Gasteiger partial charge in [-0.3, -0.25) is 4.79 Å². The van der Waals surface area contributed by atoms with Crippen LogP contribution in [0.1, 0.15) is 36.8 Å². The maximum Gasteiger partial charge on any atom is 0.225 e. The molecule has 27 heavy (non-hydrogen) atoms. The Morgan fingerprint density at radius 2 is 1.85 bits per heavy atom. The highest BCUT2D eigenvalue weighted by Gasteiger charge is 2.27. The molecule has 1 saturated carbocycles. The van der Waals surface area contributed by atoms with Crippen molar-refractivity contribution in [3.63, 3.8) is 0 Å². The van der Waals surface area contributed by atoms with Crippen molar-refractivity contribution in [3.05, 3.63) is 63.6 Å². The molecular formula is C22H25Cl2NO2. The lowest BCUT2D eigenvalue weighted by Gasteiger charge is -2.27. The summed E-state index contributed by atoms with van der Waals surface area (Å²) >= 11 is 12.3. The Morgan fingerprint density at radius 1 is 1.11 bits per heavy atom. The van der Waals surface area contributed by atoms with Gasteiger partial charge in [-0.05, 0) is 43.0 Å². The van der Waals surface area contributed by atoms with Crippen molar-refractivity contribution >= 4 is 29.1 Å². The summed E-state index contributed by atoms with van der Waals surface area (Å²) < 4.78 is 5.47. The minimum atomic E-state index is 0.139. The van der Waals surface area contributed by atoms with Crippen LogP contribution in [0.3, 0.4) is 0 Å². The molecule has 0 saturated heterocycles. The standard InChI is InChI=1S/C22H25Cl2NO2/c1-27-21-9-5-4-8-18(21)15-25(22(26)17-6-2-3-7-17)13-12-16-10-11-19(23)14-20(16)24/h4-5,8-11,14,17H,2-3,6-7,12-13,15H2,1H3. The number of ether oxygens (including phenoxy) is 1. The summed E-state index contributed by atoms with van der Waals surface area (Å²) in [6.45, 7) is 1.17. The third-order valence-corrected chi connectivity index (χ3v) is 5.82. The van der Waals surface area contributed by atoms with Crippen LogP contribution in [-0.2, 0) is 17.8 Å². The van der Waals surface area contributed by atoms with Crippen LogP contribution in [-0.4, -0.2) is 24.5 Å². The number of para-hydroxylation sites is 1. The largest absolute Gasteiger partial charge is 0.496 e. The molecule has 1 aliphatic carbocycles. The van der Waals surface area contributed by atoms with Crippen molar-refractivity contribution in [2.75, 3.05) is 13.7 Å². The molecule has 3 rings (SSSR count). The quantitative estimate of drug-likeness (QED) is 0.585. The van der Waals surface area contributed by atoms with Crippen molar-refractivity contribution in [3.8, 4) is 5.75 Å². The Labute approximate surface area is 171 Å². The molecule has 0 radical (unpaired) electrons. The summed E-state index contributed by atoms with van der Waals surface area (Å²) in [5.41, 5.74) is 2.03. The van der Waals surface area contributed by atoms with E-state index < -0.39 is 0 Å². The van der Waals surface area contributed by atoms with Gasteiger partial charge in [0.25, 0.3) is 0 Å². The number of carbonyl (C=O) groups is 1. The second-order valence-electron chi connectivity index (χ2n) is 7.04. The Morgan fingerprint density at radius 3 is 2.56 bits per heavy atom. The van der Waals surface area contributed by atoms with Gasteiger partial charge < -0.3 is 9.64 Å². The lowest BCUT2D eigenvalue weighted by Crippen LogP contribution is -2.36. The third kappa shape index (κ3) is 5.18. The topological polar surface area (TPSA) is 29.5 Å². The Hall–Kier alpha value is -1.71. The first-order valence-corrected chi connectivity index (χ1v) is 10.2. The highest BCUT2D eigenvalue weighted by atomic mass is 35.5. The Balaban J connectivity index is 1.77. The zero-order valence-electron chi connectivity index (χ0n) is 15.6. The predicted octanol–water partition coefficient (Wildman–Crippen LogP) is 5.76.